The van der Waals surface area contributed by atoms with Gasteiger partial charge in [0.25, 0.3) is 0 Å². The lowest BCUT2D eigenvalue weighted by Crippen LogP contribution is -2.29. The number of aromatic nitrogens is 3. The highest BCUT2D eigenvalue weighted by molar-refractivity contribution is 5.78. The Morgan fingerprint density at radius 2 is 1.71 bits per heavy atom. The molecule has 0 saturated heterocycles. The fourth-order valence-electron chi connectivity index (χ4n) is 0.668. The first-order chi connectivity index (χ1) is 6.65. The lowest BCUT2D eigenvalue weighted by Gasteiger charge is -2.06. The van der Waals surface area contributed by atoms with Gasteiger partial charge in [0, 0.05) is 0 Å². The van der Waals surface area contributed by atoms with Crippen LogP contribution in [0.2, 0.25) is 0 Å². The van der Waals surface area contributed by atoms with Crippen molar-refractivity contribution >= 4 is 12.0 Å². The van der Waals surface area contributed by atoms with E-state index in [1.165, 1.54) is 14.2 Å². The molecule has 0 bridgehead atoms. The van der Waals surface area contributed by atoms with Gasteiger partial charge >= 0.3 is 12.0 Å². The van der Waals surface area contributed by atoms with Crippen molar-refractivity contribution in [2.75, 3.05) is 19.5 Å². The number of carbonyl (C=O) groups excluding carboxylic acids is 1. The number of amides is 1. The average Bonchev–Trinajstić information content (AvgIpc) is 2.16. The van der Waals surface area contributed by atoms with Crippen LogP contribution in [0.5, 0.6) is 12.0 Å². The van der Waals surface area contributed by atoms with Crippen LogP contribution in [-0.2, 0) is 0 Å². The van der Waals surface area contributed by atoms with Gasteiger partial charge in [-0.3, -0.25) is 0 Å². The number of nitrogens with one attached hydrogen (secondary N) is 1. The van der Waals surface area contributed by atoms with Gasteiger partial charge < -0.3 is 24.7 Å². The zero-order valence-electron chi connectivity index (χ0n) is 7.47. The van der Waals surface area contributed by atoms with Gasteiger partial charge in [0.05, 0.1) is 14.2 Å². The Kier molecular flexibility index (Phi) is 3.00. The highest BCUT2D eigenvalue weighted by Crippen LogP contribution is 2.11. The smallest absolute Gasteiger partial charge is 0.324 e. The number of methoxy groups -OCH3 is 2. The SMILES string of the molecule is COc1nc(NC(=O)[O-])nc(OC)n1. The van der Waals surface area contributed by atoms with Crippen LogP contribution in [0.25, 0.3) is 0 Å². The molecule has 0 atom stereocenters. The van der Waals surface area contributed by atoms with E-state index in [-0.39, 0.29) is 18.0 Å². The molecule has 1 N–H and O–H groups in total. The molecule has 0 fully saturated rings. The first kappa shape index (κ1) is 9.96. The number of hydrogen-bond donors (Lipinski definition) is 1. The van der Waals surface area contributed by atoms with Gasteiger partial charge in [-0.05, 0) is 0 Å². The molecular formula is C6H7N4O4-. The summed E-state index contributed by atoms with van der Waals surface area (Å²) >= 11 is 0. The van der Waals surface area contributed by atoms with Crippen molar-refractivity contribution in [3.05, 3.63) is 0 Å². The minimum atomic E-state index is -1.53. The van der Waals surface area contributed by atoms with E-state index in [1.54, 1.807) is 0 Å². The van der Waals surface area contributed by atoms with E-state index in [0.717, 1.165) is 0 Å². The number of carboxylic acid groups (broad SMARTS) is 1. The summed E-state index contributed by atoms with van der Waals surface area (Å²) in [6, 6.07) is -0.110. The fraction of sp³-hybridized carbons (Fsp3) is 0.333. The molecule has 8 heteroatoms. The molecule has 0 aliphatic rings. The van der Waals surface area contributed by atoms with E-state index in [1.807, 2.05) is 5.32 Å². The highest BCUT2D eigenvalue weighted by atomic mass is 16.5. The lowest BCUT2D eigenvalue weighted by atomic mass is 10.8. The van der Waals surface area contributed by atoms with Crippen LogP contribution in [0, 0.1) is 0 Å². The van der Waals surface area contributed by atoms with Gasteiger partial charge in [-0.25, -0.2) is 0 Å². The van der Waals surface area contributed by atoms with E-state index in [4.69, 9.17) is 0 Å². The van der Waals surface area contributed by atoms with Crippen LogP contribution < -0.4 is 19.9 Å². The van der Waals surface area contributed by atoms with Crippen molar-refractivity contribution in [2.45, 2.75) is 0 Å². The molecule has 0 radical (unpaired) electrons. The molecule has 1 aromatic heterocycles. The summed E-state index contributed by atoms with van der Waals surface area (Å²) in [6.07, 6.45) is -1.53. The van der Waals surface area contributed by atoms with E-state index in [9.17, 15) is 9.90 Å². The summed E-state index contributed by atoms with van der Waals surface area (Å²) in [5.74, 6) is -0.214. The monoisotopic (exact) mass is 199 g/mol. The van der Waals surface area contributed by atoms with Crippen molar-refractivity contribution < 1.29 is 19.4 Å². The van der Waals surface area contributed by atoms with Gasteiger partial charge in [0.2, 0.25) is 5.95 Å². The Labute approximate surface area is 78.9 Å². The standard InChI is InChI=1S/C6H8N4O4/c1-13-4-7-3(9-6(11)12)8-5(10-4)14-2/h1-2H3,(H,11,12)(H,7,8,9,10)/p-1. The largest absolute Gasteiger partial charge is 0.530 e. The maximum Gasteiger partial charge on any atom is 0.324 e. The summed E-state index contributed by atoms with van der Waals surface area (Å²) in [5, 5.41) is 12.0. The normalized spacial score (nSPS) is 9.29. The predicted molar refractivity (Wildman–Crippen MR) is 41.9 cm³/mol. The lowest BCUT2D eigenvalue weighted by molar-refractivity contribution is -0.242. The van der Waals surface area contributed by atoms with Crippen molar-refractivity contribution in [3.63, 3.8) is 0 Å². The second-order valence-corrected chi connectivity index (χ2v) is 2.04. The maximum absolute atomic E-state index is 10.2. The number of nitrogens with zero attached hydrogens (tertiary/aromatic N) is 3. The molecule has 0 unspecified atom stereocenters. The van der Waals surface area contributed by atoms with Crippen molar-refractivity contribution in [1.82, 2.24) is 15.0 Å². The second kappa shape index (κ2) is 4.21. The molecule has 14 heavy (non-hydrogen) atoms. The third-order valence-electron chi connectivity index (χ3n) is 1.17. The second-order valence-electron chi connectivity index (χ2n) is 2.04. The minimum absolute atomic E-state index is 0.0550. The van der Waals surface area contributed by atoms with Crippen molar-refractivity contribution in [2.24, 2.45) is 0 Å². The average molecular weight is 199 g/mol. The first-order valence-corrected chi connectivity index (χ1v) is 3.47. The zero-order valence-corrected chi connectivity index (χ0v) is 7.47. The zero-order chi connectivity index (χ0) is 10.6. The molecule has 1 heterocycles. The molecule has 0 saturated carbocycles. The topological polar surface area (TPSA) is 109 Å². The number of carbonyl (C=O) groups is 1. The molecule has 0 aliphatic heterocycles. The summed E-state index contributed by atoms with van der Waals surface area (Å²) in [6.45, 7) is 0. The molecule has 0 aromatic carbocycles. The molecule has 76 valence electrons. The molecule has 0 aliphatic carbocycles. The van der Waals surface area contributed by atoms with Crippen LogP contribution in [0.1, 0.15) is 0 Å². The van der Waals surface area contributed by atoms with E-state index in [0.29, 0.717) is 0 Å². The van der Waals surface area contributed by atoms with Crippen LogP contribution in [0.4, 0.5) is 10.7 Å². The van der Waals surface area contributed by atoms with Crippen LogP contribution in [-0.4, -0.2) is 35.3 Å². The van der Waals surface area contributed by atoms with Gasteiger partial charge in [-0.2, -0.15) is 9.97 Å². The number of hydrogen-bond acceptors (Lipinski definition) is 7. The van der Waals surface area contributed by atoms with E-state index >= 15 is 0 Å². The molecule has 1 amide bonds. The van der Waals surface area contributed by atoms with Gasteiger partial charge in [-0.15, -0.1) is 4.98 Å². The first-order valence-electron chi connectivity index (χ1n) is 3.47. The summed E-state index contributed by atoms with van der Waals surface area (Å²) in [4.78, 5) is 21.0. The predicted octanol–water partition coefficient (Wildman–Crippen LogP) is -1.36. The maximum atomic E-state index is 10.2. The quantitative estimate of drug-likeness (QED) is 0.640. The molecule has 1 rings (SSSR count). The fourth-order valence-corrected chi connectivity index (χ4v) is 0.668. The Hall–Kier alpha value is -2.12. The summed E-state index contributed by atoms with van der Waals surface area (Å²) < 4.78 is 9.37. The molecule has 8 nitrogen and oxygen atoms in total. The third kappa shape index (κ3) is 2.44. The molecule has 0 spiro atoms. The van der Waals surface area contributed by atoms with Crippen LogP contribution in [0.15, 0.2) is 0 Å². The Balaban J connectivity index is 2.98. The van der Waals surface area contributed by atoms with E-state index in [2.05, 4.69) is 24.4 Å². The summed E-state index contributed by atoms with van der Waals surface area (Å²) in [5.41, 5.74) is 0. The summed E-state index contributed by atoms with van der Waals surface area (Å²) in [7, 11) is 2.66. The highest BCUT2D eigenvalue weighted by Gasteiger charge is 2.06. The Bertz CT molecular complexity index is 320. The minimum Gasteiger partial charge on any atom is -0.530 e. The van der Waals surface area contributed by atoms with Crippen molar-refractivity contribution in [1.29, 1.82) is 0 Å². The molecular weight excluding hydrogens is 192 g/mol. The number of ether oxygens (including phenoxy) is 2. The molecule has 1 aromatic rings. The Morgan fingerprint density at radius 1 is 1.21 bits per heavy atom. The van der Waals surface area contributed by atoms with Gasteiger partial charge in [-0.1, -0.05) is 0 Å². The van der Waals surface area contributed by atoms with Gasteiger partial charge in [0.15, 0.2) is 0 Å². The van der Waals surface area contributed by atoms with E-state index < -0.39 is 6.09 Å². The Morgan fingerprint density at radius 3 is 2.07 bits per heavy atom. The number of anilines is 1. The van der Waals surface area contributed by atoms with Crippen LogP contribution in [0.3, 0.4) is 0 Å². The van der Waals surface area contributed by atoms with Crippen LogP contribution >= 0.6 is 0 Å². The number of rotatable bonds is 3. The third-order valence-corrected chi connectivity index (χ3v) is 1.17. The van der Waals surface area contributed by atoms with Crippen molar-refractivity contribution in [3.8, 4) is 12.0 Å². The van der Waals surface area contributed by atoms with Gasteiger partial charge in [0.1, 0.15) is 6.09 Å².